The van der Waals surface area contributed by atoms with Crippen molar-refractivity contribution in [2.24, 2.45) is 23.2 Å². The van der Waals surface area contributed by atoms with E-state index in [0.717, 1.165) is 40.5 Å². The molecule has 2 heterocycles. The van der Waals surface area contributed by atoms with Gasteiger partial charge in [0.25, 0.3) is 0 Å². The van der Waals surface area contributed by atoms with Crippen molar-refractivity contribution in [3.05, 3.63) is 60.0 Å². The van der Waals surface area contributed by atoms with Crippen molar-refractivity contribution in [1.29, 1.82) is 0 Å². The number of nitrogens with zero attached hydrogens (tertiary/aromatic N) is 3. The van der Waals surface area contributed by atoms with Gasteiger partial charge in [-0.05, 0) is 118 Å². The van der Waals surface area contributed by atoms with Crippen LogP contribution in [-0.4, -0.2) is 20.9 Å². The van der Waals surface area contributed by atoms with Crippen molar-refractivity contribution in [2.75, 3.05) is 16.0 Å². The predicted molar refractivity (Wildman–Crippen MR) is 143 cm³/mol. The van der Waals surface area contributed by atoms with Crippen LogP contribution in [0.25, 0.3) is 0 Å². The van der Waals surface area contributed by atoms with Gasteiger partial charge in [0.15, 0.2) is 0 Å². The maximum absolute atomic E-state index is 13.0. The Morgan fingerprint density at radius 1 is 0.833 bits per heavy atom. The monoisotopic (exact) mass is 482 g/mol. The van der Waals surface area contributed by atoms with E-state index in [4.69, 9.17) is 0 Å². The van der Waals surface area contributed by atoms with Gasteiger partial charge in [-0.1, -0.05) is 0 Å². The van der Waals surface area contributed by atoms with E-state index < -0.39 is 0 Å². The standard InChI is InChI=1S/C29H34N6O/c1-18-7-8-30-25(9-18)35-27-13-26(31-19(2)32-27)33-23-3-5-24(6-4-23)34-28(36)17-29-14-20-10-21(15-29)12-22(11-20)16-29/h3-9,13,20-22H,10-12,14-17H2,1-2H3,(H,34,36)(H2,30,31,32,33,35). The first kappa shape index (κ1) is 23.0. The number of benzene rings is 1. The molecule has 2 aromatic heterocycles. The van der Waals surface area contributed by atoms with Crippen LogP contribution < -0.4 is 16.0 Å². The number of carbonyl (C=O) groups excluding carboxylic acids is 1. The van der Waals surface area contributed by atoms with Gasteiger partial charge in [-0.25, -0.2) is 15.0 Å². The lowest BCUT2D eigenvalue weighted by Gasteiger charge is -2.56. The van der Waals surface area contributed by atoms with Crippen molar-refractivity contribution in [2.45, 2.75) is 58.8 Å². The molecule has 4 aliphatic rings. The number of rotatable bonds is 7. The van der Waals surface area contributed by atoms with Crippen molar-refractivity contribution in [3.8, 4) is 0 Å². The number of aromatic nitrogens is 3. The zero-order chi connectivity index (χ0) is 24.7. The van der Waals surface area contributed by atoms with E-state index in [1.54, 1.807) is 6.20 Å². The molecule has 4 aliphatic carbocycles. The van der Waals surface area contributed by atoms with Crippen LogP contribution in [0.3, 0.4) is 0 Å². The first-order valence-electron chi connectivity index (χ1n) is 13.1. The van der Waals surface area contributed by atoms with Crippen LogP contribution in [0, 0.1) is 37.0 Å². The third kappa shape index (κ3) is 5.06. The fraction of sp³-hybridized carbons (Fsp3) is 0.448. The Morgan fingerprint density at radius 3 is 2.08 bits per heavy atom. The van der Waals surface area contributed by atoms with Crippen LogP contribution in [0.2, 0.25) is 0 Å². The quantitative estimate of drug-likeness (QED) is 0.355. The minimum Gasteiger partial charge on any atom is -0.340 e. The number of anilines is 5. The van der Waals surface area contributed by atoms with Gasteiger partial charge >= 0.3 is 0 Å². The van der Waals surface area contributed by atoms with Gasteiger partial charge in [0.05, 0.1) is 0 Å². The van der Waals surface area contributed by atoms with Gasteiger partial charge in [0, 0.05) is 30.1 Å². The average Bonchev–Trinajstić information content (AvgIpc) is 2.79. The lowest BCUT2D eigenvalue weighted by Crippen LogP contribution is -2.47. The smallest absolute Gasteiger partial charge is 0.224 e. The van der Waals surface area contributed by atoms with Crippen LogP contribution >= 0.6 is 0 Å². The Labute approximate surface area is 212 Å². The highest BCUT2D eigenvalue weighted by Gasteiger charge is 2.51. The predicted octanol–water partition coefficient (Wildman–Crippen LogP) is 6.52. The van der Waals surface area contributed by atoms with E-state index in [1.807, 2.05) is 56.3 Å². The molecule has 3 N–H and O–H groups in total. The lowest BCUT2D eigenvalue weighted by molar-refractivity contribution is -0.124. The molecular weight excluding hydrogens is 448 g/mol. The Kier molecular flexibility index (Phi) is 5.86. The first-order chi connectivity index (χ1) is 17.4. The van der Waals surface area contributed by atoms with Crippen LogP contribution in [0.5, 0.6) is 0 Å². The van der Waals surface area contributed by atoms with Gasteiger partial charge in [-0.15, -0.1) is 0 Å². The maximum Gasteiger partial charge on any atom is 0.224 e. The fourth-order valence-electron chi connectivity index (χ4n) is 7.27. The van der Waals surface area contributed by atoms with Gasteiger partial charge in [0.1, 0.15) is 23.3 Å². The molecule has 1 aromatic carbocycles. The Balaban J connectivity index is 1.08. The minimum absolute atomic E-state index is 0.157. The molecular formula is C29H34N6O. The Morgan fingerprint density at radius 2 is 1.44 bits per heavy atom. The van der Waals surface area contributed by atoms with E-state index in [1.165, 1.54) is 38.5 Å². The summed E-state index contributed by atoms with van der Waals surface area (Å²) < 4.78 is 0. The summed E-state index contributed by atoms with van der Waals surface area (Å²) in [4.78, 5) is 26.3. The molecule has 36 heavy (non-hydrogen) atoms. The van der Waals surface area contributed by atoms with Gasteiger partial charge in [0.2, 0.25) is 5.91 Å². The SMILES string of the molecule is Cc1ccnc(Nc2cc(Nc3ccc(NC(=O)CC45CC6CC(CC(C6)C4)C5)cc3)nc(C)n2)c1. The van der Waals surface area contributed by atoms with Crippen molar-refractivity contribution >= 4 is 34.7 Å². The first-order valence-corrected chi connectivity index (χ1v) is 13.1. The summed E-state index contributed by atoms with van der Waals surface area (Å²) >= 11 is 0. The van der Waals surface area contributed by atoms with Crippen LogP contribution in [0.15, 0.2) is 48.7 Å². The Hall–Kier alpha value is -3.48. The number of amides is 1. The maximum atomic E-state index is 13.0. The molecule has 0 unspecified atom stereocenters. The molecule has 186 valence electrons. The highest BCUT2D eigenvalue weighted by Crippen LogP contribution is 2.61. The van der Waals surface area contributed by atoms with E-state index >= 15 is 0 Å². The fourth-order valence-corrected chi connectivity index (χ4v) is 7.27. The van der Waals surface area contributed by atoms with Crippen molar-refractivity contribution < 1.29 is 4.79 Å². The topological polar surface area (TPSA) is 91.8 Å². The van der Waals surface area contributed by atoms with Gasteiger partial charge in [-0.3, -0.25) is 4.79 Å². The summed E-state index contributed by atoms with van der Waals surface area (Å²) in [7, 11) is 0. The second-order valence-electron chi connectivity index (χ2n) is 11.4. The molecule has 0 saturated heterocycles. The summed E-state index contributed by atoms with van der Waals surface area (Å²) in [5.74, 6) is 5.52. The molecule has 0 atom stereocenters. The van der Waals surface area contributed by atoms with Crippen LogP contribution in [0.1, 0.15) is 56.3 Å². The molecule has 4 bridgehead atoms. The second kappa shape index (κ2) is 9.19. The molecule has 7 rings (SSSR count). The summed E-state index contributed by atoms with van der Waals surface area (Å²) in [6, 6.07) is 13.6. The highest BCUT2D eigenvalue weighted by atomic mass is 16.1. The average molecular weight is 483 g/mol. The third-order valence-corrected chi connectivity index (χ3v) is 8.15. The summed E-state index contributed by atoms with van der Waals surface area (Å²) in [5, 5.41) is 9.74. The Bertz CT molecular complexity index is 1240. The van der Waals surface area contributed by atoms with E-state index in [2.05, 4.69) is 30.9 Å². The van der Waals surface area contributed by atoms with E-state index in [0.29, 0.717) is 23.9 Å². The molecule has 3 aromatic rings. The molecule has 0 radical (unpaired) electrons. The zero-order valence-corrected chi connectivity index (χ0v) is 21.1. The number of carbonyl (C=O) groups is 1. The zero-order valence-electron chi connectivity index (χ0n) is 21.1. The minimum atomic E-state index is 0.157. The number of aryl methyl sites for hydroxylation is 2. The molecule has 7 heteroatoms. The number of nitrogens with one attached hydrogen (secondary N) is 3. The normalized spacial score (nSPS) is 26.0. The summed E-state index contributed by atoms with van der Waals surface area (Å²) in [6.07, 6.45) is 10.4. The largest absolute Gasteiger partial charge is 0.340 e. The molecule has 1 amide bonds. The van der Waals surface area contributed by atoms with Crippen LogP contribution in [0.4, 0.5) is 28.8 Å². The molecule has 4 fully saturated rings. The van der Waals surface area contributed by atoms with Crippen molar-refractivity contribution in [3.63, 3.8) is 0 Å². The number of hydrogen-bond donors (Lipinski definition) is 3. The lowest BCUT2D eigenvalue weighted by atomic mass is 9.49. The molecule has 4 saturated carbocycles. The van der Waals surface area contributed by atoms with Crippen LogP contribution in [-0.2, 0) is 4.79 Å². The van der Waals surface area contributed by atoms with E-state index in [-0.39, 0.29) is 11.3 Å². The second-order valence-corrected chi connectivity index (χ2v) is 11.4. The highest BCUT2D eigenvalue weighted by molar-refractivity contribution is 5.91. The number of pyridine rings is 1. The summed E-state index contributed by atoms with van der Waals surface area (Å²) in [6.45, 7) is 3.89. The summed E-state index contributed by atoms with van der Waals surface area (Å²) in [5.41, 5.74) is 3.11. The molecule has 7 nitrogen and oxygen atoms in total. The molecule has 0 spiro atoms. The van der Waals surface area contributed by atoms with E-state index in [9.17, 15) is 4.79 Å². The van der Waals surface area contributed by atoms with Gasteiger partial charge < -0.3 is 16.0 Å². The number of hydrogen-bond acceptors (Lipinski definition) is 6. The third-order valence-electron chi connectivity index (χ3n) is 8.15. The van der Waals surface area contributed by atoms with Crippen molar-refractivity contribution in [1.82, 2.24) is 15.0 Å². The molecule has 0 aliphatic heterocycles. The van der Waals surface area contributed by atoms with Gasteiger partial charge in [-0.2, -0.15) is 0 Å².